The second kappa shape index (κ2) is 7.23. The topological polar surface area (TPSA) is 85.2 Å². The summed E-state index contributed by atoms with van der Waals surface area (Å²) in [7, 11) is 0. The Labute approximate surface area is 139 Å². The standard InChI is InChI=1S/C16H22N4O2S/c1-11(17)13-4-2-3-8-20(13)15(21)6-5-14-18-16(19-22-14)12-7-9-23-10-12/h7,9-11,13H,2-6,8,17H2,1H3. The molecule has 124 valence electrons. The molecule has 2 unspecified atom stereocenters. The summed E-state index contributed by atoms with van der Waals surface area (Å²) < 4.78 is 5.25. The van der Waals surface area contributed by atoms with Crippen LogP contribution in [0, 0.1) is 0 Å². The Bertz CT molecular complexity index is 638. The Hall–Kier alpha value is -1.73. The van der Waals surface area contributed by atoms with Crippen LogP contribution in [0.15, 0.2) is 21.3 Å². The normalized spacial score (nSPS) is 19.7. The lowest BCUT2D eigenvalue weighted by Gasteiger charge is -2.38. The number of aryl methyl sites for hydroxylation is 1. The van der Waals surface area contributed by atoms with E-state index in [0.29, 0.717) is 24.6 Å². The highest BCUT2D eigenvalue weighted by atomic mass is 32.1. The van der Waals surface area contributed by atoms with Crippen LogP contribution in [0.25, 0.3) is 11.4 Å². The molecular weight excluding hydrogens is 312 g/mol. The summed E-state index contributed by atoms with van der Waals surface area (Å²) in [6.45, 7) is 2.77. The molecule has 0 aliphatic carbocycles. The summed E-state index contributed by atoms with van der Waals surface area (Å²) in [5.41, 5.74) is 6.97. The molecule has 6 nitrogen and oxygen atoms in total. The van der Waals surface area contributed by atoms with Gasteiger partial charge >= 0.3 is 0 Å². The van der Waals surface area contributed by atoms with Gasteiger partial charge in [-0.2, -0.15) is 16.3 Å². The lowest BCUT2D eigenvalue weighted by atomic mass is 9.96. The summed E-state index contributed by atoms with van der Waals surface area (Å²) in [6.07, 6.45) is 4.04. The smallest absolute Gasteiger partial charge is 0.227 e. The minimum atomic E-state index is 0.00727. The highest BCUT2D eigenvalue weighted by Gasteiger charge is 2.29. The first-order valence-corrected chi connectivity index (χ1v) is 8.99. The summed E-state index contributed by atoms with van der Waals surface area (Å²) >= 11 is 1.59. The monoisotopic (exact) mass is 334 g/mol. The molecule has 2 atom stereocenters. The third-order valence-corrected chi connectivity index (χ3v) is 4.96. The van der Waals surface area contributed by atoms with Gasteiger partial charge in [-0.15, -0.1) is 0 Å². The Morgan fingerprint density at radius 3 is 3.17 bits per heavy atom. The number of amides is 1. The minimum Gasteiger partial charge on any atom is -0.339 e. The Morgan fingerprint density at radius 1 is 1.57 bits per heavy atom. The van der Waals surface area contributed by atoms with Crippen molar-refractivity contribution in [3.8, 4) is 11.4 Å². The van der Waals surface area contributed by atoms with E-state index in [1.165, 1.54) is 0 Å². The first kappa shape index (κ1) is 16.1. The molecule has 2 aromatic rings. The number of nitrogens with zero attached hydrogens (tertiary/aromatic N) is 3. The van der Waals surface area contributed by atoms with Crippen LogP contribution in [0.4, 0.5) is 0 Å². The van der Waals surface area contributed by atoms with E-state index in [2.05, 4.69) is 10.1 Å². The molecule has 7 heteroatoms. The molecule has 0 radical (unpaired) electrons. The van der Waals surface area contributed by atoms with E-state index < -0.39 is 0 Å². The predicted molar refractivity (Wildman–Crippen MR) is 88.9 cm³/mol. The van der Waals surface area contributed by atoms with Crippen molar-refractivity contribution in [2.45, 2.75) is 51.1 Å². The second-order valence-electron chi connectivity index (χ2n) is 6.03. The number of rotatable bonds is 5. The van der Waals surface area contributed by atoms with Gasteiger partial charge in [-0.25, -0.2) is 0 Å². The SMILES string of the molecule is CC(N)C1CCCCN1C(=O)CCc1nc(-c2ccsc2)no1. The molecule has 3 heterocycles. The maximum absolute atomic E-state index is 12.5. The fraction of sp³-hybridized carbons (Fsp3) is 0.562. The molecule has 23 heavy (non-hydrogen) atoms. The van der Waals surface area contributed by atoms with E-state index >= 15 is 0 Å². The zero-order chi connectivity index (χ0) is 16.2. The molecule has 0 spiro atoms. The number of hydrogen-bond donors (Lipinski definition) is 1. The lowest BCUT2D eigenvalue weighted by molar-refractivity contribution is -0.135. The van der Waals surface area contributed by atoms with Crippen molar-refractivity contribution >= 4 is 17.2 Å². The van der Waals surface area contributed by atoms with E-state index in [0.717, 1.165) is 31.4 Å². The van der Waals surface area contributed by atoms with E-state index in [1.807, 2.05) is 28.7 Å². The summed E-state index contributed by atoms with van der Waals surface area (Å²) in [6, 6.07) is 2.11. The van der Waals surface area contributed by atoms with Crippen LogP contribution in [0.3, 0.4) is 0 Å². The van der Waals surface area contributed by atoms with Crippen LogP contribution in [0.5, 0.6) is 0 Å². The fourth-order valence-corrected chi connectivity index (χ4v) is 3.67. The molecule has 0 bridgehead atoms. The average Bonchev–Trinajstić information content (AvgIpc) is 3.23. The van der Waals surface area contributed by atoms with Gasteiger partial charge < -0.3 is 15.2 Å². The molecule has 3 rings (SSSR count). The summed E-state index contributed by atoms with van der Waals surface area (Å²) in [4.78, 5) is 18.8. The highest BCUT2D eigenvalue weighted by molar-refractivity contribution is 7.08. The van der Waals surface area contributed by atoms with Crippen molar-refractivity contribution in [3.63, 3.8) is 0 Å². The van der Waals surface area contributed by atoms with E-state index in [-0.39, 0.29) is 18.0 Å². The molecule has 0 saturated carbocycles. The van der Waals surface area contributed by atoms with Gasteiger partial charge in [-0.3, -0.25) is 4.79 Å². The zero-order valence-electron chi connectivity index (χ0n) is 13.3. The number of piperidine rings is 1. The third kappa shape index (κ3) is 3.79. The number of hydrogen-bond acceptors (Lipinski definition) is 6. The van der Waals surface area contributed by atoms with E-state index in [4.69, 9.17) is 10.3 Å². The van der Waals surface area contributed by atoms with Crippen LogP contribution in [0.2, 0.25) is 0 Å². The van der Waals surface area contributed by atoms with Gasteiger partial charge in [0, 0.05) is 42.4 Å². The number of carbonyl (C=O) groups excluding carboxylic acids is 1. The van der Waals surface area contributed by atoms with E-state index in [9.17, 15) is 4.79 Å². The number of thiophene rings is 1. The van der Waals surface area contributed by atoms with Gasteiger partial charge in [-0.05, 0) is 37.6 Å². The van der Waals surface area contributed by atoms with Gasteiger partial charge in [0.25, 0.3) is 0 Å². The number of nitrogens with two attached hydrogens (primary N) is 1. The first-order chi connectivity index (χ1) is 11.1. The lowest BCUT2D eigenvalue weighted by Crippen LogP contribution is -2.51. The zero-order valence-corrected chi connectivity index (χ0v) is 14.1. The maximum atomic E-state index is 12.5. The van der Waals surface area contributed by atoms with Crippen LogP contribution < -0.4 is 5.73 Å². The quantitative estimate of drug-likeness (QED) is 0.908. The second-order valence-corrected chi connectivity index (χ2v) is 6.81. The fourth-order valence-electron chi connectivity index (χ4n) is 3.04. The molecule has 1 aliphatic rings. The molecular formula is C16H22N4O2S. The molecule has 1 aliphatic heterocycles. The molecule has 2 N–H and O–H groups in total. The van der Waals surface area contributed by atoms with Gasteiger partial charge in [0.2, 0.25) is 17.6 Å². The Kier molecular flexibility index (Phi) is 5.07. The maximum Gasteiger partial charge on any atom is 0.227 e. The van der Waals surface area contributed by atoms with Crippen LogP contribution in [0.1, 0.15) is 38.5 Å². The van der Waals surface area contributed by atoms with Crippen LogP contribution in [-0.2, 0) is 11.2 Å². The Balaban J connectivity index is 1.58. The van der Waals surface area contributed by atoms with Crippen molar-refractivity contribution < 1.29 is 9.32 Å². The summed E-state index contributed by atoms with van der Waals surface area (Å²) in [5.74, 6) is 1.22. The van der Waals surface area contributed by atoms with Crippen molar-refractivity contribution in [1.82, 2.24) is 15.0 Å². The van der Waals surface area contributed by atoms with Gasteiger partial charge in [0.15, 0.2) is 0 Å². The van der Waals surface area contributed by atoms with Crippen molar-refractivity contribution in [2.75, 3.05) is 6.54 Å². The molecule has 0 aromatic carbocycles. The highest BCUT2D eigenvalue weighted by Crippen LogP contribution is 2.21. The van der Waals surface area contributed by atoms with Crippen LogP contribution >= 0.6 is 11.3 Å². The minimum absolute atomic E-state index is 0.00727. The van der Waals surface area contributed by atoms with Crippen molar-refractivity contribution in [3.05, 3.63) is 22.7 Å². The van der Waals surface area contributed by atoms with Crippen molar-refractivity contribution in [2.24, 2.45) is 5.73 Å². The number of carbonyl (C=O) groups is 1. The predicted octanol–water partition coefficient (Wildman–Crippen LogP) is 2.46. The van der Waals surface area contributed by atoms with Crippen LogP contribution in [-0.4, -0.2) is 39.6 Å². The van der Waals surface area contributed by atoms with Gasteiger partial charge in [0.1, 0.15) is 0 Å². The summed E-state index contributed by atoms with van der Waals surface area (Å²) in [5, 5.41) is 7.91. The van der Waals surface area contributed by atoms with E-state index in [1.54, 1.807) is 11.3 Å². The average molecular weight is 334 g/mol. The number of likely N-dealkylation sites (tertiary alicyclic amines) is 1. The molecule has 1 fully saturated rings. The molecule has 2 aromatic heterocycles. The third-order valence-electron chi connectivity index (χ3n) is 4.28. The van der Waals surface area contributed by atoms with Crippen molar-refractivity contribution in [1.29, 1.82) is 0 Å². The van der Waals surface area contributed by atoms with Gasteiger partial charge in [-0.1, -0.05) is 5.16 Å². The van der Waals surface area contributed by atoms with Gasteiger partial charge in [0.05, 0.1) is 0 Å². The first-order valence-electron chi connectivity index (χ1n) is 8.05. The number of aromatic nitrogens is 2. The molecule has 1 amide bonds. The largest absolute Gasteiger partial charge is 0.339 e. The Morgan fingerprint density at radius 2 is 2.43 bits per heavy atom. The molecule has 1 saturated heterocycles.